The first-order chi connectivity index (χ1) is 30.5. The van der Waals surface area contributed by atoms with Crippen molar-refractivity contribution in [1.82, 2.24) is 20.4 Å². The Labute approximate surface area is 372 Å². The molecule has 3 aliphatic rings. The topological polar surface area (TPSA) is 83.1 Å². The van der Waals surface area contributed by atoms with Gasteiger partial charge in [0, 0.05) is 18.7 Å². The number of nitrogens with one attached hydrogen (secondary N) is 2. The van der Waals surface area contributed by atoms with Crippen LogP contribution in [0.25, 0.3) is 21.5 Å². The predicted molar refractivity (Wildman–Crippen MR) is 254 cm³/mol. The molecule has 3 fully saturated rings. The second-order valence-electron chi connectivity index (χ2n) is 17.5. The fourth-order valence-corrected chi connectivity index (χ4v) is 8.32. The molecule has 2 amide bonds. The van der Waals surface area contributed by atoms with Gasteiger partial charge in [0.1, 0.15) is 19.0 Å². The van der Waals surface area contributed by atoms with Gasteiger partial charge in [-0.3, -0.25) is 9.59 Å². The molecule has 0 heterocycles. The number of hydrogen-bond acceptors (Lipinski definition) is 6. The first-order valence-electron chi connectivity index (χ1n) is 22.6. The molecule has 63 heavy (non-hydrogen) atoms. The molecule has 0 aliphatic heterocycles. The molecular weight excluding hydrogens is 788 g/mol. The van der Waals surface area contributed by atoms with Crippen molar-refractivity contribution in [1.29, 1.82) is 0 Å². The Balaban J connectivity index is 0.000000182. The van der Waals surface area contributed by atoms with Gasteiger partial charge in [0.2, 0.25) is 0 Å². The van der Waals surface area contributed by atoms with Crippen LogP contribution in [0, 0.1) is 12.7 Å². The summed E-state index contributed by atoms with van der Waals surface area (Å²) in [5.74, 6) is 0.414. The van der Waals surface area contributed by atoms with Crippen LogP contribution in [0.2, 0.25) is 0 Å². The summed E-state index contributed by atoms with van der Waals surface area (Å²) < 4.78 is 26.7. The first-order valence-corrected chi connectivity index (χ1v) is 22.6. The van der Waals surface area contributed by atoms with Crippen molar-refractivity contribution >= 4 is 33.4 Å². The number of aryl methyl sites for hydroxylation is 1. The van der Waals surface area contributed by atoms with Crippen LogP contribution >= 0.6 is 0 Å². The SMILES string of the molecule is CC.CN(C)CCOc1ccc(C2CC2)c(C(=O)NC2(c3cccc4ccccc34)CC2)c1.Cc1ccc(OCCN(C)C)c(F)c1C(=O)NC1(c2cccc3ccccc23)CC1. The minimum absolute atomic E-state index is 0.0189. The van der Waals surface area contributed by atoms with Gasteiger partial charge in [0.15, 0.2) is 11.6 Å². The third-order valence-electron chi connectivity index (χ3n) is 12.2. The Kier molecular flexibility index (Phi) is 14.2. The molecule has 2 N–H and O–H groups in total. The fourth-order valence-electron chi connectivity index (χ4n) is 8.32. The van der Waals surface area contributed by atoms with E-state index in [2.05, 4.69) is 88.3 Å². The zero-order chi connectivity index (χ0) is 44.7. The summed E-state index contributed by atoms with van der Waals surface area (Å²) in [6.07, 6.45) is 5.96. The first kappa shape index (κ1) is 45.3. The van der Waals surface area contributed by atoms with E-state index in [9.17, 15) is 9.59 Å². The Morgan fingerprint density at radius 3 is 1.68 bits per heavy atom. The fraction of sp³-hybridized carbons (Fsp3) is 0.370. The molecule has 0 unspecified atom stereocenters. The molecule has 0 radical (unpaired) electrons. The lowest BCUT2D eigenvalue weighted by Crippen LogP contribution is -2.36. The zero-order valence-corrected chi connectivity index (χ0v) is 38.0. The average molecular weight is 851 g/mol. The van der Waals surface area contributed by atoms with Gasteiger partial charge in [-0.2, -0.15) is 0 Å². The second kappa shape index (κ2) is 19.7. The van der Waals surface area contributed by atoms with Gasteiger partial charge in [-0.1, -0.05) is 111 Å². The maximum absolute atomic E-state index is 15.2. The largest absolute Gasteiger partial charge is 0.492 e. The molecular formula is C54H63FN4O4. The van der Waals surface area contributed by atoms with Crippen LogP contribution in [-0.2, 0) is 11.1 Å². The van der Waals surface area contributed by atoms with Gasteiger partial charge in [-0.05, 0) is 142 Å². The van der Waals surface area contributed by atoms with Crippen LogP contribution in [0.3, 0.4) is 0 Å². The van der Waals surface area contributed by atoms with E-state index in [1.165, 1.54) is 16.3 Å². The maximum Gasteiger partial charge on any atom is 0.255 e. The predicted octanol–water partition coefficient (Wildman–Crippen LogP) is 10.7. The Morgan fingerprint density at radius 1 is 0.651 bits per heavy atom. The van der Waals surface area contributed by atoms with E-state index in [1.807, 2.05) is 77.3 Å². The van der Waals surface area contributed by atoms with Crippen molar-refractivity contribution in [2.24, 2.45) is 0 Å². The van der Waals surface area contributed by atoms with Crippen LogP contribution in [-0.4, -0.2) is 76.1 Å². The lowest BCUT2D eigenvalue weighted by molar-refractivity contribution is 0.0918. The van der Waals surface area contributed by atoms with Crippen LogP contribution in [0.4, 0.5) is 4.39 Å². The van der Waals surface area contributed by atoms with Crippen molar-refractivity contribution in [3.05, 3.63) is 154 Å². The van der Waals surface area contributed by atoms with E-state index in [-0.39, 0.29) is 22.8 Å². The lowest BCUT2D eigenvalue weighted by atomic mass is 9.96. The quantitative estimate of drug-likeness (QED) is 0.107. The summed E-state index contributed by atoms with van der Waals surface area (Å²) in [7, 11) is 7.91. The maximum atomic E-state index is 15.2. The molecule has 0 atom stereocenters. The average Bonchev–Trinajstić information content (AvgIpc) is 4.17. The van der Waals surface area contributed by atoms with E-state index >= 15 is 4.39 Å². The van der Waals surface area contributed by atoms with Gasteiger partial charge < -0.3 is 29.9 Å². The molecule has 9 rings (SSSR count). The minimum atomic E-state index is -0.597. The smallest absolute Gasteiger partial charge is 0.255 e. The minimum Gasteiger partial charge on any atom is -0.492 e. The van der Waals surface area contributed by atoms with Crippen molar-refractivity contribution in [3.8, 4) is 11.5 Å². The molecule has 6 aromatic carbocycles. The lowest BCUT2D eigenvalue weighted by Gasteiger charge is -2.21. The van der Waals surface area contributed by atoms with E-state index in [4.69, 9.17) is 9.47 Å². The number of ether oxygens (including phenoxy) is 2. The van der Waals surface area contributed by atoms with Gasteiger partial charge in [0.25, 0.3) is 11.8 Å². The number of carbonyl (C=O) groups is 2. The van der Waals surface area contributed by atoms with E-state index in [0.717, 1.165) is 78.3 Å². The molecule has 0 spiro atoms. The highest BCUT2D eigenvalue weighted by atomic mass is 19.1. The molecule has 3 saturated carbocycles. The van der Waals surface area contributed by atoms with Crippen molar-refractivity contribution in [2.75, 3.05) is 54.5 Å². The zero-order valence-electron chi connectivity index (χ0n) is 38.0. The summed E-state index contributed by atoms with van der Waals surface area (Å²) >= 11 is 0. The molecule has 9 heteroatoms. The van der Waals surface area contributed by atoms with Crippen molar-refractivity contribution < 1.29 is 23.5 Å². The van der Waals surface area contributed by atoms with Crippen molar-refractivity contribution in [2.45, 2.75) is 76.3 Å². The van der Waals surface area contributed by atoms with Gasteiger partial charge in [0.05, 0.1) is 16.6 Å². The Bertz CT molecular complexity index is 2550. The summed E-state index contributed by atoms with van der Waals surface area (Å²) in [6.45, 7) is 8.22. The van der Waals surface area contributed by atoms with Crippen LogP contribution in [0.15, 0.2) is 115 Å². The number of rotatable bonds is 15. The number of amides is 2. The van der Waals surface area contributed by atoms with E-state index in [1.54, 1.807) is 19.1 Å². The third-order valence-corrected chi connectivity index (χ3v) is 12.2. The summed E-state index contributed by atoms with van der Waals surface area (Å²) in [5.41, 5.74) is 4.19. The van der Waals surface area contributed by atoms with Crippen LogP contribution < -0.4 is 20.1 Å². The highest BCUT2D eigenvalue weighted by Crippen LogP contribution is 2.50. The molecule has 8 nitrogen and oxygen atoms in total. The summed E-state index contributed by atoms with van der Waals surface area (Å²) in [5, 5.41) is 11.2. The van der Waals surface area contributed by atoms with Crippen molar-refractivity contribution in [3.63, 3.8) is 0 Å². The Hall–Kier alpha value is -5.77. The molecule has 0 saturated heterocycles. The number of likely N-dealkylation sites (N-methyl/N-ethyl adjacent to an activating group) is 2. The standard InChI is InChI=1S/C27H30N2O2.C25H27FN2O2.C2H6/c1-29(2)16-17-31-21-12-13-22(20-10-11-20)24(18-21)26(30)28-27(14-15-27)25-9-5-7-19-6-3-4-8-23(19)25;1-17-11-12-21(30-16-15-28(2)3)23(26)22(17)24(29)27-25(13-14-25)20-10-6-8-18-7-4-5-9-19(18)20;1-2/h3-9,12-13,18,20H,10-11,14-17H2,1-2H3,(H,28,30);4-12H,13-16H2,1-3H3,(H,27,29);1-2H3. The molecule has 330 valence electrons. The third kappa shape index (κ3) is 10.5. The number of carbonyl (C=O) groups excluding carboxylic acids is 2. The number of nitrogens with zero attached hydrogens (tertiary/aromatic N) is 2. The number of fused-ring (bicyclic) bond motifs is 2. The van der Waals surface area contributed by atoms with Gasteiger partial charge in [-0.25, -0.2) is 4.39 Å². The van der Waals surface area contributed by atoms with Crippen LogP contribution in [0.1, 0.15) is 101 Å². The number of halogens is 1. The molecule has 6 aromatic rings. The van der Waals surface area contributed by atoms with Gasteiger partial charge in [-0.15, -0.1) is 0 Å². The van der Waals surface area contributed by atoms with Crippen LogP contribution in [0.5, 0.6) is 11.5 Å². The summed E-state index contributed by atoms with van der Waals surface area (Å²) in [6, 6.07) is 38.5. The molecule has 0 aromatic heterocycles. The van der Waals surface area contributed by atoms with E-state index in [0.29, 0.717) is 31.2 Å². The number of hydrogen-bond donors (Lipinski definition) is 2. The van der Waals surface area contributed by atoms with Gasteiger partial charge >= 0.3 is 0 Å². The Morgan fingerprint density at radius 2 is 1.16 bits per heavy atom. The highest BCUT2D eigenvalue weighted by molar-refractivity contribution is 5.99. The second-order valence-corrected chi connectivity index (χ2v) is 17.5. The molecule has 0 bridgehead atoms. The van der Waals surface area contributed by atoms with E-state index < -0.39 is 17.3 Å². The molecule has 3 aliphatic carbocycles. The number of benzene rings is 6. The monoisotopic (exact) mass is 850 g/mol. The normalized spacial score (nSPS) is 15.5. The summed E-state index contributed by atoms with van der Waals surface area (Å²) in [4.78, 5) is 30.7. The highest BCUT2D eigenvalue weighted by Gasteiger charge is 2.48.